The molecule has 1 aliphatic carbocycles. The predicted octanol–water partition coefficient (Wildman–Crippen LogP) is 2.44. The second kappa shape index (κ2) is 7.17. The van der Waals surface area contributed by atoms with E-state index in [2.05, 4.69) is 12.2 Å². The minimum absolute atomic E-state index is 0. The highest BCUT2D eigenvalue weighted by Crippen LogP contribution is 2.39. The maximum atomic E-state index is 11.9. The Labute approximate surface area is 125 Å². The fraction of sp³-hybridized carbons (Fsp3) is 0.500. The summed E-state index contributed by atoms with van der Waals surface area (Å²) in [5.41, 5.74) is 5.57. The van der Waals surface area contributed by atoms with Crippen LogP contribution in [0.25, 0.3) is 0 Å². The molecular weight excluding hydrogens is 280 g/mol. The second-order valence-electron chi connectivity index (χ2n) is 5.05. The van der Waals surface area contributed by atoms with Crippen LogP contribution in [0.15, 0.2) is 35.2 Å². The van der Waals surface area contributed by atoms with Crippen LogP contribution in [0.2, 0.25) is 0 Å². The standard InChI is InChI=1S/C14H20N2OS.ClH/c1-14(10-15,11-7-8-11)16-13(17)9-18-12-5-3-2-4-6-12;/h2-6,11H,7-10,15H2,1H3,(H,16,17);1H. The van der Waals surface area contributed by atoms with Crippen LogP contribution < -0.4 is 11.1 Å². The number of hydrogen-bond donors (Lipinski definition) is 2. The lowest BCUT2D eigenvalue weighted by molar-refractivity contribution is -0.120. The Balaban J connectivity index is 0.00000180. The highest BCUT2D eigenvalue weighted by atomic mass is 35.5. The first-order chi connectivity index (χ1) is 8.64. The Morgan fingerprint density at radius 2 is 2.05 bits per heavy atom. The maximum Gasteiger partial charge on any atom is 0.230 e. The molecule has 0 spiro atoms. The van der Waals surface area contributed by atoms with E-state index < -0.39 is 0 Å². The first-order valence-corrected chi connectivity index (χ1v) is 7.31. The fourth-order valence-electron chi connectivity index (χ4n) is 2.06. The summed E-state index contributed by atoms with van der Waals surface area (Å²) < 4.78 is 0. The van der Waals surface area contributed by atoms with Crippen LogP contribution in [0, 0.1) is 5.92 Å². The monoisotopic (exact) mass is 300 g/mol. The number of thioether (sulfide) groups is 1. The van der Waals surface area contributed by atoms with E-state index in [1.165, 1.54) is 12.8 Å². The number of nitrogens with two attached hydrogens (primary N) is 1. The van der Waals surface area contributed by atoms with E-state index in [0.29, 0.717) is 18.2 Å². The summed E-state index contributed by atoms with van der Waals surface area (Å²) in [7, 11) is 0. The van der Waals surface area contributed by atoms with Crippen LogP contribution in [-0.4, -0.2) is 23.7 Å². The van der Waals surface area contributed by atoms with Crippen LogP contribution in [0.3, 0.4) is 0 Å². The van der Waals surface area contributed by atoms with Crippen molar-refractivity contribution in [3.05, 3.63) is 30.3 Å². The molecule has 1 aromatic carbocycles. The minimum atomic E-state index is -0.214. The van der Waals surface area contributed by atoms with Gasteiger partial charge in [-0.25, -0.2) is 0 Å². The van der Waals surface area contributed by atoms with E-state index in [4.69, 9.17) is 5.73 Å². The average Bonchev–Trinajstić information content (AvgIpc) is 3.22. The molecule has 106 valence electrons. The summed E-state index contributed by atoms with van der Waals surface area (Å²) in [6, 6.07) is 9.97. The first kappa shape index (κ1) is 16.3. The number of halogens is 1. The highest BCUT2D eigenvalue weighted by Gasteiger charge is 2.41. The molecule has 1 fully saturated rings. The third kappa shape index (κ3) is 4.71. The van der Waals surface area contributed by atoms with Crippen molar-refractivity contribution in [1.29, 1.82) is 0 Å². The van der Waals surface area contributed by atoms with Crippen LogP contribution in [0.5, 0.6) is 0 Å². The van der Waals surface area contributed by atoms with E-state index in [9.17, 15) is 4.79 Å². The van der Waals surface area contributed by atoms with Gasteiger partial charge in [0.05, 0.1) is 11.3 Å². The molecule has 1 atom stereocenters. The Morgan fingerprint density at radius 1 is 1.42 bits per heavy atom. The van der Waals surface area contributed by atoms with Gasteiger partial charge in [0, 0.05) is 11.4 Å². The normalized spacial score (nSPS) is 17.2. The quantitative estimate of drug-likeness (QED) is 0.794. The molecule has 2 rings (SSSR count). The summed E-state index contributed by atoms with van der Waals surface area (Å²) in [4.78, 5) is 13.1. The lowest BCUT2D eigenvalue weighted by atomic mass is 9.96. The van der Waals surface area contributed by atoms with Gasteiger partial charge in [0.1, 0.15) is 0 Å². The smallest absolute Gasteiger partial charge is 0.230 e. The fourth-order valence-corrected chi connectivity index (χ4v) is 2.78. The van der Waals surface area contributed by atoms with Crippen molar-refractivity contribution in [1.82, 2.24) is 5.32 Å². The Kier molecular flexibility index (Phi) is 6.17. The minimum Gasteiger partial charge on any atom is -0.349 e. The number of nitrogens with one attached hydrogen (secondary N) is 1. The number of carbonyl (C=O) groups excluding carboxylic acids is 1. The highest BCUT2D eigenvalue weighted by molar-refractivity contribution is 8.00. The van der Waals surface area contributed by atoms with Gasteiger partial charge in [0.15, 0.2) is 0 Å². The molecule has 0 bridgehead atoms. The molecule has 5 heteroatoms. The largest absolute Gasteiger partial charge is 0.349 e. The van der Waals surface area contributed by atoms with Gasteiger partial charge in [-0.15, -0.1) is 24.2 Å². The summed E-state index contributed by atoms with van der Waals surface area (Å²) in [6.45, 7) is 2.56. The van der Waals surface area contributed by atoms with E-state index >= 15 is 0 Å². The second-order valence-corrected chi connectivity index (χ2v) is 6.09. The van der Waals surface area contributed by atoms with Crippen molar-refractivity contribution in [2.24, 2.45) is 11.7 Å². The summed E-state index contributed by atoms with van der Waals surface area (Å²) in [5, 5.41) is 3.09. The zero-order chi connectivity index (χ0) is 13.0. The lowest BCUT2D eigenvalue weighted by Gasteiger charge is -2.29. The molecule has 1 unspecified atom stereocenters. The predicted molar refractivity (Wildman–Crippen MR) is 82.7 cm³/mol. The SMILES string of the molecule is CC(CN)(NC(=O)CSc1ccccc1)C1CC1.Cl. The number of rotatable bonds is 6. The van der Waals surface area contributed by atoms with Gasteiger partial charge in [0.2, 0.25) is 5.91 Å². The molecule has 0 aromatic heterocycles. The van der Waals surface area contributed by atoms with Crippen molar-refractivity contribution < 1.29 is 4.79 Å². The van der Waals surface area contributed by atoms with Crippen molar-refractivity contribution in [3.8, 4) is 0 Å². The summed E-state index contributed by atoms with van der Waals surface area (Å²) >= 11 is 1.56. The molecule has 0 aliphatic heterocycles. The number of amides is 1. The number of hydrogen-bond acceptors (Lipinski definition) is 3. The van der Waals surface area contributed by atoms with Gasteiger partial charge < -0.3 is 11.1 Å². The van der Waals surface area contributed by atoms with Gasteiger partial charge in [0.25, 0.3) is 0 Å². The van der Waals surface area contributed by atoms with Crippen LogP contribution in [-0.2, 0) is 4.79 Å². The third-order valence-electron chi connectivity index (χ3n) is 3.44. The van der Waals surface area contributed by atoms with Gasteiger partial charge in [-0.2, -0.15) is 0 Å². The van der Waals surface area contributed by atoms with Crippen molar-refractivity contribution in [3.63, 3.8) is 0 Å². The van der Waals surface area contributed by atoms with E-state index in [1.807, 2.05) is 30.3 Å². The molecule has 3 N–H and O–H groups in total. The van der Waals surface area contributed by atoms with Gasteiger partial charge in [-0.1, -0.05) is 18.2 Å². The molecule has 1 amide bonds. The Bertz CT molecular complexity index is 411. The van der Waals surface area contributed by atoms with Crippen molar-refractivity contribution in [2.45, 2.75) is 30.2 Å². The maximum absolute atomic E-state index is 11.9. The molecule has 0 heterocycles. The summed E-state index contributed by atoms with van der Waals surface area (Å²) in [6.07, 6.45) is 2.36. The Hall–Kier alpha value is -0.710. The molecule has 1 aliphatic rings. The number of carbonyl (C=O) groups is 1. The van der Waals surface area contributed by atoms with Crippen LogP contribution >= 0.6 is 24.2 Å². The number of benzene rings is 1. The van der Waals surface area contributed by atoms with Crippen LogP contribution in [0.4, 0.5) is 0 Å². The van der Waals surface area contributed by atoms with Gasteiger partial charge >= 0.3 is 0 Å². The zero-order valence-electron chi connectivity index (χ0n) is 11.1. The first-order valence-electron chi connectivity index (χ1n) is 6.33. The third-order valence-corrected chi connectivity index (χ3v) is 4.45. The lowest BCUT2D eigenvalue weighted by Crippen LogP contribution is -2.53. The van der Waals surface area contributed by atoms with Crippen molar-refractivity contribution in [2.75, 3.05) is 12.3 Å². The van der Waals surface area contributed by atoms with Gasteiger partial charge in [-0.05, 0) is 37.8 Å². The van der Waals surface area contributed by atoms with E-state index in [0.717, 1.165) is 4.90 Å². The summed E-state index contributed by atoms with van der Waals surface area (Å²) in [5.74, 6) is 1.09. The zero-order valence-corrected chi connectivity index (χ0v) is 12.7. The van der Waals surface area contributed by atoms with Crippen LogP contribution in [0.1, 0.15) is 19.8 Å². The average molecular weight is 301 g/mol. The molecule has 0 saturated heterocycles. The van der Waals surface area contributed by atoms with E-state index in [-0.39, 0.29) is 23.9 Å². The Morgan fingerprint density at radius 3 is 2.58 bits per heavy atom. The molecule has 0 radical (unpaired) electrons. The molecular formula is C14H21ClN2OS. The molecule has 1 saturated carbocycles. The van der Waals surface area contributed by atoms with E-state index in [1.54, 1.807) is 11.8 Å². The topological polar surface area (TPSA) is 55.1 Å². The molecule has 1 aromatic rings. The van der Waals surface area contributed by atoms with Crippen molar-refractivity contribution >= 4 is 30.1 Å². The molecule has 19 heavy (non-hydrogen) atoms. The van der Waals surface area contributed by atoms with Gasteiger partial charge in [-0.3, -0.25) is 4.79 Å². The molecule has 3 nitrogen and oxygen atoms in total.